The number of ether oxygens (including phenoxy) is 1. The van der Waals surface area contributed by atoms with E-state index in [-0.39, 0.29) is 12.1 Å². The number of aromatic nitrogens is 2. The molecular formula is C13H19N3O2S. The standard InChI is InChI=1S/C13H19N3O2S/c1-8-9-6-14-11(19-5)15-10(9)7-16(8)12(17)18-13(2,3)4/h6,8H,7H2,1-5H3. The Balaban J connectivity index is 2.18. The molecule has 0 aromatic carbocycles. The van der Waals surface area contributed by atoms with Crippen LogP contribution in [0.25, 0.3) is 0 Å². The molecule has 0 bridgehead atoms. The summed E-state index contributed by atoms with van der Waals surface area (Å²) in [6, 6.07) is -0.0410. The monoisotopic (exact) mass is 281 g/mol. The van der Waals surface area contributed by atoms with Crippen LogP contribution in [0.3, 0.4) is 0 Å². The number of rotatable bonds is 1. The molecular weight excluding hydrogens is 262 g/mol. The molecule has 1 amide bonds. The second-order valence-electron chi connectivity index (χ2n) is 5.54. The van der Waals surface area contributed by atoms with Crippen molar-refractivity contribution in [2.24, 2.45) is 0 Å². The van der Waals surface area contributed by atoms with E-state index in [0.29, 0.717) is 6.54 Å². The minimum Gasteiger partial charge on any atom is -0.444 e. The Morgan fingerprint density at radius 2 is 2.21 bits per heavy atom. The van der Waals surface area contributed by atoms with Gasteiger partial charge in [-0.05, 0) is 34.0 Å². The molecule has 0 fully saturated rings. The van der Waals surface area contributed by atoms with Crippen molar-refractivity contribution in [3.63, 3.8) is 0 Å². The highest BCUT2D eigenvalue weighted by atomic mass is 32.2. The number of carbonyl (C=O) groups excluding carboxylic acids is 1. The highest BCUT2D eigenvalue weighted by Gasteiger charge is 2.34. The van der Waals surface area contributed by atoms with Gasteiger partial charge in [0.2, 0.25) is 0 Å². The van der Waals surface area contributed by atoms with Crippen LogP contribution in [0.2, 0.25) is 0 Å². The van der Waals surface area contributed by atoms with Crippen LogP contribution in [-0.4, -0.2) is 32.8 Å². The molecule has 1 unspecified atom stereocenters. The smallest absolute Gasteiger partial charge is 0.411 e. The summed E-state index contributed by atoms with van der Waals surface area (Å²) in [5, 5.41) is 0.733. The van der Waals surface area contributed by atoms with Crippen molar-refractivity contribution >= 4 is 17.9 Å². The molecule has 19 heavy (non-hydrogen) atoms. The summed E-state index contributed by atoms with van der Waals surface area (Å²) in [5.74, 6) is 0. The lowest BCUT2D eigenvalue weighted by molar-refractivity contribution is 0.0186. The quantitative estimate of drug-likeness (QED) is 0.585. The second kappa shape index (κ2) is 5.00. The lowest BCUT2D eigenvalue weighted by Crippen LogP contribution is -2.35. The van der Waals surface area contributed by atoms with Crippen LogP contribution >= 0.6 is 11.8 Å². The molecule has 0 aliphatic carbocycles. The third-order valence-electron chi connectivity index (χ3n) is 2.93. The molecule has 104 valence electrons. The van der Waals surface area contributed by atoms with Gasteiger partial charge in [0.15, 0.2) is 5.16 Å². The Morgan fingerprint density at radius 3 is 2.79 bits per heavy atom. The highest BCUT2D eigenvalue weighted by Crippen LogP contribution is 2.33. The Labute approximate surface area is 117 Å². The second-order valence-corrected chi connectivity index (χ2v) is 6.32. The summed E-state index contributed by atoms with van der Waals surface area (Å²) >= 11 is 1.50. The van der Waals surface area contributed by atoms with Crippen LogP contribution in [0, 0.1) is 0 Å². The zero-order chi connectivity index (χ0) is 14.2. The number of thioether (sulfide) groups is 1. The predicted molar refractivity (Wildman–Crippen MR) is 74.0 cm³/mol. The van der Waals surface area contributed by atoms with E-state index in [9.17, 15) is 4.79 Å². The topological polar surface area (TPSA) is 55.3 Å². The molecule has 0 spiro atoms. The van der Waals surface area contributed by atoms with Crippen LogP contribution in [0.15, 0.2) is 11.4 Å². The van der Waals surface area contributed by atoms with Gasteiger partial charge in [0.25, 0.3) is 0 Å². The fourth-order valence-electron chi connectivity index (χ4n) is 1.99. The third kappa shape index (κ3) is 3.00. The van der Waals surface area contributed by atoms with Crippen LogP contribution < -0.4 is 0 Å². The number of amides is 1. The average molecular weight is 281 g/mol. The van der Waals surface area contributed by atoms with Crippen molar-refractivity contribution in [3.05, 3.63) is 17.5 Å². The normalized spacial score (nSPS) is 18.4. The van der Waals surface area contributed by atoms with Gasteiger partial charge < -0.3 is 4.74 Å². The molecule has 5 nitrogen and oxygen atoms in total. The van der Waals surface area contributed by atoms with E-state index in [1.54, 1.807) is 4.90 Å². The highest BCUT2D eigenvalue weighted by molar-refractivity contribution is 7.98. The summed E-state index contributed by atoms with van der Waals surface area (Å²) in [5.41, 5.74) is 1.43. The van der Waals surface area contributed by atoms with Crippen LogP contribution in [-0.2, 0) is 11.3 Å². The van der Waals surface area contributed by atoms with Crippen molar-refractivity contribution < 1.29 is 9.53 Å². The van der Waals surface area contributed by atoms with Crippen molar-refractivity contribution in [1.82, 2.24) is 14.9 Å². The Kier molecular flexibility index (Phi) is 3.71. The van der Waals surface area contributed by atoms with E-state index in [4.69, 9.17) is 4.74 Å². The molecule has 2 rings (SSSR count). The zero-order valence-corrected chi connectivity index (χ0v) is 12.7. The first-order chi connectivity index (χ1) is 8.81. The van der Waals surface area contributed by atoms with Gasteiger partial charge in [-0.3, -0.25) is 4.90 Å². The van der Waals surface area contributed by atoms with Gasteiger partial charge in [-0.1, -0.05) is 11.8 Å². The van der Waals surface area contributed by atoms with Gasteiger partial charge in [-0.15, -0.1) is 0 Å². The maximum Gasteiger partial charge on any atom is 0.411 e. The van der Waals surface area contributed by atoms with Gasteiger partial charge in [0.05, 0.1) is 18.3 Å². The first-order valence-electron chi connectivity index (χ1n) is 6.21. The fourth-order valence-corrected chi connectivity index (χ4v) is 2.35. The Hall–Kier alpha value is -1.30. The number of hydrogen-bond acceptors (Lipinski definition) is 5. The maximum absolute atomic E-state index is 12.1. The van der Waals surface area contributed by atoms with Crippen molar-refractivity contribution in [3.8, 4) is 0 Å². The molecule has 1 aliphatic heterocycles. The third-order valence-corrected chi connectivity index (χ3v) is 3.49. The molecule has 0 saturated heterocycles. The van der Waals surface area contributed by atoms with E-state index in [0.717, 1.165) is 16.4 Å². The molecule has 0 N–H and O–H groups in total. The number of carbonyl (C=O) groups is 1. The summed E-state index contributed by atoms with van der Waals surface area (Å²) < 4.78 is 5.41. The SMILES string of the molecule is CSc1ncc2c(n1)CN(C(=O)OC(C)(C)C)C2C. The molecule has 6 heteroatoms. The van der Waals surface area contributed by atoms with Crippen molar-refractivity contribution in [1.29, 1.82) is 0 Å². The summed E-state index contributed by atoms with van der Waals surface area (Å²) in [6.45, 7) is 8.05. The van der Waals surface area contributed by atoms with E-state index in [2.05, 4.69) is 9.97 Å². The molecule has 1 aliphatic rings. The maximum atomic E-state index is 12.1. The van der Waals surface area contributed by atoms with Crippen molar-refractivity contribution in [2.45, 2.75) is 51.0 Å². The number of hydrogen-bond donors (Lipinski definition) is 0. The summed E-state index contributed by atoms with van der Waals surface area (Å²) in [7, 11) is 0. The minimum atomic E-state index is -0.484. The molecule has 1 aromatic rings. The Morgan fingerprint density at radius 1 is 1.53 bits per heavy atom. The Bertz CT molecular complexity index is 499. The lowest BCUT2D eigenvalue weighted by atomic mass is 10.2. The van der Waals surface area contributed by atoms with Gasteiger partial charge in [-0.25, -0.2) is 14.8 Å². The van der Waals surface area contributed by atoms with E-state index in [1.807, 2.05) is 40.1 Å². The first kappa shape index (κ1) is 14.1. The van der Waals surface area contributed by atoms with Gasteiger partial charge >= 0.3 is 6.09 Å². The number of nitrogens with zero attached hydrogens (tertiary/aromatic N) is 3. The molecule has 1 aromatic heterocycles. The van der Waals surface area contributed by atoms with Crippen LogP contribution in [0.5, 0.6) is 0 Å². The largest absolute Gasteiger partial charge is 0.444 e. The predicted octanol–water partition coefficient (Wildman–Crippen LogP) is 3.01. The lowest BCUT2D eigenvalue weighted by Gasteiger charge is -2.26. The van der Waals surface area contributed by atoms with Crippen molar-refractivity contribution in [2.75, 3.05) is 6.26 Å². The first-order valence-corrected chi connectivity index (χ1v) is 7.43. The van der Waals surface area contributed by atoms with Crippen LogP contribution in [0.1, 0.15) is 45.0 Å². The minimum absolute atomic E-state index is 0.0410. The van der Waals surface area contributed by atoms with Crippen LogP contribution in [0.4, 0.5) is 4.79 Å². The average Bonchev–Trinajstić information content (AvgIpc) is 2.64. The van der Waals surface area contributed by atoms with Gasteiger partial charge in [0, 0.05) is 11.8 Å². The summed E-state index contributed by atoms with van der Waals surface area (Å²) in [4.78, 5) is 22.5. The summed E-state index contributed by atoms with van der Waals surface area (Å²) in [6.07, 6.45) is 3.44. The molecule has 0 radical (unpaired) electrons. The van der Waals surface area contributed by atoms with E-state index >= 15 is 0 Å². The zero-order valence-electron chi connectivity index (χ0n) is 11.9. The molecule has 1 atom stereocenters. The van der Waals surface area contributed by atoms with E-state index < -0.39 is 5.60 Å². The molecule has 0 saturated carbocycles. The van der Waals surface area contributed by atoms with Gasteiger partial charge in [-0.2, -0.15) is 0 Å². The van der Waals surface area contributed by atoms with Gasteiger partial charge in [0.1, 0.15) is 5.60 Å². The number of fused-ring (bicyclic) bond motifs is 1. The van der Waals surface area contributed by atoms with E-state index in [1.165, 1.54) is 11.8 Å². The molecule has 2 heterocycles. The fraction of sp³-hybridized carbons (Fsp3) is 0.615.